The van der Waals surface area contributed by atoms with Crippen LogP contribution in [-0.4, -0.2) is 38.3 Å². The second-order valence-electron chi connectivity index (χ2n) is 7.45. The summed E-state index contributed by atoms with van der Waals surface area (Å²) in [5.74, 6) is 0.555. The molecule has 0 saturated carbocycles. The second-order valence-corrected chi connectivity index (χ2v) is 7.45. The maximum atomic E-state index is 11.8. The average Bonchev–Trinajstić information content (AvgIpc) is 2.62. The fourth-order valence-electron chi connectivity index (χ4n) is 2.21. The first-order chi connectivity index (χ1) is 13.2. The average molecular weight is 388 g/mol. The Labute approximate surface area is 165 Å². The van der Waals surface area contributed by atoms with Crippen LogP contribution in [0.15, 0.2) is 36.8 Å². The van der Waals surface area contributed by atoms with Crippen LogP contribution in [0.4, 0.5) is 11.5 Å². The second kappa shape index (κ2) is 9.48. The van der Waals surface area contributed by atoms with Crippen LogP contribution in [0, 0.1) is 5.92 Å². The molecule has 0 bridgehead atoms. The molecule has 28 heavy (non-hydrogen) atoms. The summed E-state index contributed by atoms with van der Waals surface area (Å²) in [6, 6.07) is 4.93. The van der Waals surface area contributed by atoms with Crippen LogP contribution in [0.1, 0.15) is 45.9 Å². The fourth-order valence-corrected chi connectivity index (χ4v) is 2.21. The molecule has 0 aromatic carbocycles. The zero-order chi connectivity index (χ0) is 20.7. The third kappa shape index (κ3) is 6.79. The molecular formula is C20H28N4O4. The number of aromatic nitrogens is 2. The summed E-state index contributed by atoms with van der Waals surface area (Å²) < 4.78 is 5.71. The Morgan fingerprint density at radius 3 is 2.71 bits per heavy atom. The van der Waals surface area contributed by atoms with Crippen LogP contribution in [0.3, 0.4) is 0 Å². The zero-order valence-electron chi connectivity index (χ0n) is 16.6. The van der Waals surface area contributed by atoms with Crippen molar-refractivity contribution >= 4 is 17.4 Å². The highest BCUT2D eigenvalue weighted by Gasteiger charge is 2.15. The molecular weight excluding hydrogens is 360 g/mol. The van der Waals surface area contributed by atoms with E-state index in [1.165, 1.54) is 6.20 Å². The molecule has 8 nitrogen and oxygen atoms in total. The molecule has 8 heteroatoms. The fraction of sp³-hybridized carbons (Fsp3) is 0.450. The molecule has 2 heterocycles. The van der Waals surface area contributed by atoms with Crippen molar-refractivity contribution in [3.8, 4) is 5.75 Å². The molecule has 0 saturated heterocycles. The predicted octanol–water partition coefficient (Wildman–Crippen LogP) is 2.71. The monoisotopic (exact) mass is 388 g/mol. The molecule has 0 aliphatic carbocycles. The Bertz CT molecular complexity index is 790. The molecule has 0 aliphatic rings. The zero-order valence-corrected chi connectivity index (χ0v) is 16.6. The van der Waals surface area contributed by atoms with E-state index >= 15 is 0 Å². The van der Waals surface area contributed by atoms with Gasteiger partial charge in [0.05, 0.1) is 24.1 Å². The molecule has 0 fully saturated rings. The lowest BCUT2D eigenvalue weighted by atomic mass is 10.1. The topological polar surface area (TPSA) is 117 Å². The smallest absolute Gasteiger partial charge is 0.228 e. The highest BCUT2D eigenvalue weighted by molar-refractivity contribution is 5.91. The predicted molar refractivity (Wildman–Crippen MR) is 107 cm³/mol. The number of carbonyl (C=O) groups is 1. The molecule has 2 aromatic heterocycles. The normalized spacial score (nSPS) is 12.5. The standard InChI is InChI=1S/C20H28N4O4/c1-13(2)18(25)24-17-11-14(5-9-22-17)19(26)23-15-12-21-8-6-16(15)28-10-7-20(3,4)27/h5-6,8-9,11-13,19,23,26-27H,7,10H2,1-4H3,(H,22,24,25). The lowest BCUT2D eigenvalue weighted by molar-refractivity contribution is -0.118. The van der Waals surface area contributed by atoms with Crippen molar-refractivity contribution in [3.63, 3.8) is 0 Å². The van der Waals surface area contributed by atoms with Gasteiger partial charge in [-0.2, -0.15) is 0 Å². The summed E-state index contributed by atoms with van der Waals surface area (Å²) in [7, 11) is 0. The van der Waals surface area contributed by atoms with Crippen LogP contribution in [0.5, 0.6) is 5.75 Å². The molecule has 0 spiro atoms. The van der Waals surface area contributed by atoms with Crippen LogP contribution in [0.2, 0.25) is 0 Å². The number of hydrogen-bond acceptors (Lipinski definition) is 7. The molecule has 2 aromatic rings. The minimum atomic E-state index is -1.06. The Balaban J connectivity index is 2.06. The van der Waals surface area contributed by atoms with E-state index in [2.05, 4.69) is 20.6 Å². The number of aliphatic hydroxyl groups excluding tert-OH is 1. The van der Waals surface area contributed by atoms with Crippen molar-refractivity contribution in [2.45, 2.75) is 45.9 Å². The van der Waals surface area contributed by atoms with E-state index in [0.29, 0.717) is 35.8 Å². The van der Waals surface area contributed by atoms with Crippen molar-refractivity contribution < 1.29 is 19.7 Å². The van der Waals surface area contributed by atoms with Crippen LogP contribution in [0.25, 0.3) is 0 Å². The summed E-state index contributed by atoms with van der Waals surface area (Å²) in [6.45, 7) is 7.32. The third-order valence-corrected chi connectivity index (χ3v) is 3.92. The van der Waals surface area contributed by atoms with E-state index in [1.54, 1.807) is 58.3 Å². The van der Waals surface area contributed by atoms with Gasteiger partial charge >= 0.3 is 0 Å². The number of carbonyl (C=O) groups excluding carboxylic acids is 1. The van der Waals surface area contributed by atoms with E-state index in [4.69, 9.17) is 4.74 Å². The number of pyridine rings is 2. The maximum absolute atomic E-state index is 11.8. The van der Waals surface area contributed by atoms with E-state index in [0.717, 1.165) is 0 Å². The Kier molecular flexibility index (Phi) is 7.31. The van der Waals surface area contributed by atoms with E-state index in [1.807, 2.05) is 0 Å². The van der Waals surface area contributed by atoms with Gasteiger partial charge in [0.25, 0.3) is 0 Å². The SMILES string of the molecule is CC(C)C(=O)Nc1cc(C(O)Nc2cnccc2OCCC(C)(C)O)ccn1. The van der Waals surface area contributed by atoms with Gasteiger partial charge in [-0.15, -0.1) is 0 Å². The van der Waals surface area contributed by atoms with Crippen LogP contribution < -0.4 is 15.4 Å². The lowest BCUT2D eigenvalue weighted by Crippen LogP contribution is -2.22. The summed E-state index contributed by atoms with van der Waals surface area (Å²) >= 11 is 0. The van der Waals surface area contributed by atoms with Gasteiger partial charge in [0.15, 0.2) is 6.23 Å². The molecule has 2 rings (SSSR count). The van der Waals surface area contributed by atoms with E-state index in [9.17, 15) is 15.0 Å². The van der Waals surface area contributed by atoms with Crippen molar-refractivity contribution in [2.24, 2.45) is 5.92 Å². The summed E-state index contributed by atoms with van der Waals surface area (Å²) in [6.07, 6.45) is 4.05. The van der Waals surface area contributed by atoms with Crippen molar-refractivity contribution in [3.05, 3.63) is 42.4 Å². The van der Waals surface area contributed by atoms with E-state index in [-0.39, 0.29) is 11.8 Å². The minimum Gasteiger partial charge on any atom is -0.491 e. The maximum Gasteiger partial charge on any atom is 0.228 e. The number of amides is 1. The van der Waals surface area contributed by atoms with Gasteiger partial charge in [0.1, 0.15) is 11.6 Å². The Morgan fingerprint density at radius 2 is 2.04 bits per heavy atom. The van der Waals surface area contributed by atoms with Gasteiger partial charge in [-0.1, -0.05) is 13.8 Å². The van der Waals surface area contributed by atoms with Crippen molar-refractivity contribution in [1.29, 1.82) is 0 Å². The van der Waals surface area contributed by atoms with Gasteiger partial charge in [-0.3, -0.25) is 9.78 Å². The first kappa shape index (κ1) is 21.6. The number of ether oxygens (including phenoxy) is 1. The Hall–Kier alpha value is -2.71. The van der Waals surface area contributed by atoms with Crippen LogP contribution in [-0.2, 0) is 4.79 Å². The van der Waals surface area contributed by atoms with Crippen molar-refractivity contribution in [1.82, 2.24) is 9.97 Å². The highest BCUT2D eigenvalue weighted by atomic mass is 16.5. The quantitative estimate of drug-likeness (QED) is 0.488. The lowest BCUT2D eigenvalue weighted by Gasteiger charge is -2.20. The number of nitrogens with one attached hydrogen (secondary N) is 2. The first-order valence-corrected chi connectivity index (χ1v) is 9.16. The van der Waals surface area contributed by atoms with Gasteiger partial charge in [0, 0.05) is 36.4 Å². The highest BCUT2D eigenvalue weighted by Crippen LogP contribution is 2.27. The van der Waals surface area contributed by atoms with Crippen LogP contribution >= 0.6 is 0 Å². The number of anilines is 2. The van der Waals surface area contributed by atoms with E-state index < -0.39 is 11.8 Å². The molecule has 1 unspecified atom stereocenters. The van der Waals surface area contributed by atoms with Gasteiger partial charge in [-0.25, -0.2) is 4.98 Å². The summed E-state index contributed by atoms with van der Waals surface area (Å²) in [5, 5.41) is 26.0. The van der Waals surface area contributed by atoms with Gasteiger partial charge in [-0.05, 0) is 26.0 Å². The number of rotatable bonds is 9. The van der Waals surface area contributed by atoms with Crippen molar-refractivity contribution in [2.75, 3.05) is 17.2 Å². The largest absolute Gasteiger partial charge is 0.491 e. The third-order valence-electron chi connectivity index (χ3n) is 3.92. The molecule has 1 atom stereocenters. The summed E-state index contributed by atoms with van der Waals surface area (Å²) in [4.78, 5) is 20.0. The molecule has 1 amide bonds. The molecule has 0 radical (unpaired) electrons. The number of nitrogens with zero attached hydrogens (tertiary/aromatic N) is 2. The molecule has 0 aliphatic heterocycles. The van der Waals surface area contributed by atoms with Gasteiger partial charge in [0.2, 0.25) is 5.91 Å². The number of aliphatic hydroxyl groups is 2. The minimum absolute atomic E-state index is 0.151. The first-order valence-electron chi connectivity index (χ1n) is 9.16. The Morgan fingerprint density at radius 1 is 1.29 bits per heavy atom. The van der Waals surface area contributed by atoms with Gasteiger partial charge < -0.3 is 25.6 Å². The molecule has 4 N–H and O–H groups in total. The number of hydrogen-bond donors (Lipinski definition) is 4. The summed E-state index contributed by atoms with van der Waals surface area (Å²) in [5.41, 5.74) is 0.212. The molecule has 152 valence electrons.